The number of rotatable bonds is 3. The number of nitrogens with zero attached hydrogens (tertiary/aromatic N) is 1. The molecule has 1 amide bonds. The summed E-state index contributed by atoms with van der Waals surface area (Å²) >= 11 is 0. The summed E-state index contributed by atoms with van der Waals surface area (Å²) in [6.45, 7) is 2.50. The molecule has 0 radical (unpaired) electrons. The molecule has 2 aromatic rings. The van der Waals surface area contributed by atoms with E-state index >= 15 is 0 Å². The van der Waals surface area contributed by atoms with Crippen molar-refractivity contribution in [3.63, 3.8) is 0 Å². The van der Waals surface area contributed by atoms with Crippen molar-refractivity contribution in [3.05, 3.63) is 47.8 Å². The molecule has 3 rings (SSSR count). The molecule has 0 spiro atoms. The molecule has 1 aliphatic rings. The number of benzene rings is 2. The quantitative estimate of drug-likeness (QED) is 0.852. The fraction of sp³-hybridized carbons (Fsp3) is 0.188. The van der Waals surface area contributed by atoms with E-state index in [9.17, 15) is 9.18 Å². The molecule has 4 nitrogen and oxygen atoms in total. The maximum Gasteiger partial charge on any atom is 0.228 e. The topological polar surface area (TPSA) is 58.4 Å². The van der Waals surface area contributed by atoms with Gasteiger partial charge in [0.2, 0.25) is 5.91 Å². The summed E-state index contributed by atoms with van der Waals surface area (Å²) in [6.07, 6.45) is 0.339. The molecular formula is C16H16FN3O. The molecule has 1 aliphatic heterocycles. The van der Waals surface area contributed by atoms with Crippen LogP contribution in [0.4, 0.5) is 27.1 Å². The van der Waals surface area contributed by atoms with E-state index in [2.05, 4.69) is 5.32 Å². The number of amides is 1. The first-order valence-electron chi connectivity index (χ1n) is 6.84. The monoisotopic (exact) mass is 285 g/mol. The Kier molecular flexibility index (Phi) is 3.25. The van der Waals surface area contributed by atoms with Crippen LogP contribution in [0, 0.1) is 5.82 Å². The second kappa shape index (κ2) is 5.09. The second-order valence-corrected chi connectivity index (χ2v) is 4.99. The lowest BCUT2D eigenvalue weighted by molar-refractivity contribution is -0.115. The van der Waals surface area contributed by atoms with E-state index in [4.69, 9.17) is 5.73 Å². The minimum Gasteiger partial charge on any atom is -0.397 e. The van der Waals surface area contributed by atoms with Crippen LogP contribution >= 0.6 is 0 Å². The van der Waals surface area contributed by atoms with Crippen LogP contribution in [0.25, 0.3) is 0 Å². The van der Waals surface area contributed by atoms with E-state index in [-0.39, 0.29) is 11.7 Å². The van der Waals surface area contributed by atoms with Crippen LogP contribution in [0.1, 0.15) is 12.5 Å². The van der Waals surface area contributed by atoms with Crippen LogP contribution in [-0.2, 0) is 11.2 Å². The first-order valence-corrected chi connectivity index (χ1v) is 6.84. The fourth-order valence-corrected chi connectivity index (χ4v) is 2.66. The van der Waals surface area contributed by atoms with Gasteiger partial charge in [-0.2, -0.15) is 0 Å². The molecule has 3 N–H and O–H groups in total. The molecule has 0 aliphatic carbocycles. The molecule has 0 fully saturated rings. The molecule has 0 bridgehead atoms. The van der Waals surface area contributed by atoms with Crippen molar-refractivity contribution in [1.82, 2.24) is 0 Å². The SMILES string of the molecule is CCN(c1cc2c(cc1N)CC(=O)N2)c1ccccc1F. The molecule has 2 aromatic carbocycles. The minimum absolute atomic E-state index is 0.0458. The molecule has 108 valence electrons. The predicted molar refractivity (Wildman–Crippen MR) is 82.3 cm³/mol. The number of carbonyl (C=O) groups excluding carboxylic acids is 1. The van der Waals surface area contributed by atoms with Crippen LogP contribution in [0.5, 0.6) is 0 Å². The molecule has 0 atom stereocenters. The average Bonchev–Trinajstić information content (AvgIpc) is 2.81. The lowest BCUT2D eigenvalue weighted by Crippen LogP contribution is -2.19. The Morgan fingerprint density at radius 2 is 2.05 bits per heavy atom. The normalized spacial score (nSPS) is 13.0. The van der Waals surface area contributed by atoms with E-state index < -0.39 is 0 Å². The summed E-state index contributed by atoms with van der Waals surface area (Å²) in [5.74, 6) is -0.348. The second-order valence-electron chi connectivity index (χ2n) is 4.99. The summed E-state index contributed by atoms with van der Waals surface area (Å²) in [5.41, 5.74) is 9.43. The van der Waals surface area contributed by atoms with Crippen molar-refractivity contribution in [3.8, 4) is 0 Å². The summed E-state index contributed by atoms with van der Waals surface area (Å²) in [4.78, 5) is 13.3. The summed E-state index contributed by atoms with van der Waals surface area (Å²) < 4.78 is 14.0. The van der Waals surface area contributed by atoms with Crippen LogP contribution < -0.4 is 16.0 Å². The zero-order valence-electron chi connectivity index (χ0n) is 11.7. The third kappa shape index (κ3) is 2.31. The molecule has 21 heavy (non-hydrogen) atoms. The minimum atomic E-state index is -0.303. The Labute approximate surface area is 122 Å². The third-order valence-electron chi connectivity index (χ3n) is 3.63. The number of nitrogens with two attached hydrogens (primary N) is 1. The first-order chi connectivity index (χ1) is 10.1. The number of nitrogen functional groups attached to an aromatic ring is 1. The molecule has 0 aromatic heterocycles. The first kappa shape index (κ1) is 13.4. The van der Waals surface area contributed by atoms with Gasteiger partial charge in [0.25, 0.3) is 0 Å². The molecule has 0 saturated carbocycles. The molecule has 0 unspecified atom stereocenters. The number of carbonyl (C=O) groups is 1. The van der Waals surface area contributed by atoms with Gasteiger partial charge < -0.3 is 16.0 Å². The molecule has 1 heterocycles. The van der Waals surface area contributed by atoms with E-state index in [0.717, 1.165) is 11.3 Å². The van der Waals surface area contributed by atoms with Gasteiger partial charge in [-0.15, -0.1) is 0 Å². The number of anilines is 4. The van der Waals surface area contributed by atoms with Crippen LogP contribution in [0.3, 0.4) is 0 Å². The van der Waals surface area contributed by atoms with Crippen LogP contribution in [-0.4, -0.2) is 12.5 Å². The van der Waals surface area contributed by atoms with Gasteiger partial charge in [-0.1, -0.05) is 12.1 Å². The van der Waals surface area contributed by atoms with Crippen LogP contribution in [0.2, 0.25) is 0 Å². The summed E-state index contributed by atoms with van der Waals surface area (Å²) in [7, 11) is 0. The lowest BCUT2D eigenvalue weighted by Gasteiger charge is -2.25. The van der Waals surface area contributed by atoms with E-state index in [1.54, 1.807) is 29.2 Å². The highest BCUT2D eigenvalue weighted by Gasteiger charge is 2.22. The fourth-order valence-electron chi connectivity index (χ4n) is 2.66. The summed E-state index contributed by atoms with van der Waals surface area (Å²) in [6, 6.07) is 10.2. The number of para-hydroxylation sites is 1. The van der Waals surface area contributed by atoms with Crippen LogP contribution in [0.15, 0.2) is 36.4 Å². The largest absolute Gasteiger partial charge is 0.397 e. The van der Waals surface area contributed by atoms with Gasteiger partial charge in [0, 0.05) is 12.2 Å². The van der Waals surface area contributed by atoms with Gasteiger partial charge in [-0.05, 0) is 36.8 Å². The number of fused-ring (bicyclic) bond motifs is 1. The predicted octanol–water partition coefficient (Wildman–Crippen LogP) is 3.06. The maximum atomic E-state index is 14.0. The highest BCUT2D eigenvalue weighted by Crippen LogP contribution is 2.37. The smallest absolute Gasteiger partial charge is 0.228 e. The van der Waals surface area contributed by atoms with Crippen molar-refractivity contribution in [2.45, 2.75) is 13.3 Å². The Bertz CT molecular complexity index is 715. The molecule has 5 heteroatoms. The highest BCUT2D eigenvalue weighted by molar-refractivity contribution is 6.01. The maximum absolute atomic E-state index is 14.0. The summed E-state index contributed by atoms with van der Waals surface area (Å²) in [5, 5.41) is 2.80. The van der Waals surface area contributed by atoms with Gasteiger partial charge in [0.1, 0.15) is 5.82 Å². The van der Waals surface area contributed by atoms with Gasteiger partial charge in [0.15, 0.2) is 0 Å². The zero-order chi connectivity index (χ0) is 15.0. The Hall–Kier alpha value is -2.56. The van der Waals surface area contributed by atoms with Gasteiger partial charge in [-0.3, -0.25) is 4.79 Å². The van der Waals surface area contributed by atoms with Crippen molar-refractivity contribution in [1.29, 1.82) is 0 Å². The van der Waals surface area contributed by atoms with E-state index in [1.807, 2.05) is 13.0 Å². The number of hydrogen-bond donors (Lipinski definition) is 2. The number of halogens is 1. The Morgan fingerprint density at radius 1 is 1.29 bits per heavy atom. The third-order valence-corrected chi connectivity index (χ3v) is 3.63. The zero-order valence-corrected chi connectivity index (χ0v) is 11.7. The van der Waals surface area contributed by atoms with Crippen molar-refractivity contribution in [2.24, 2.45) is 0 Å². The van der Waals surface area contributed by atoms with Gasteiger partial charge in [0.05, 0.1) is 23.5 Å². The average molecular weight is 285 g/mol. The van der Waals surface area contributed by atoms with Gasteiger partial charge >= 0.3 is 0 Å². The van der Waals surface area contributed by atoms with Gasteiger partial charge in [-0.25, -0.2) is 4.39 Å². The number of nitrogens with one attached hydrogen (secondary N) is 1. The molecule has 0 saturated heterocycles. The molecular weight excluding hydrogens is 269 g/mol. The van der Waals surface area contributed by atoms with E-state index in [0.29, 0.717) is 30.0 Å². The van der Waals surface area contributed by atoms with Crippen molar-refractivity contribution < 1.29 is 9.18 Å². The lowest BCUT2D eigenvalue weighted by atomic mass is 10.1. The Balaban J connectivity index is 2.09. The number of hydrogen-bond acceptors (Lipinski definition) is 3. The Morgan fingerprint density at radius 3 is 2.76 bits per heavy atom. The highest BCUT2D eigenvalue weighted by atomic mass is 19.1. The van der Waals surface area contributed by atoms with Crippen molar-refractivity contribution >= 4 is 28.7 Å². The van der Waals surface area contributed by atoms with E-state index in [1.165, 1.54) is 6.07 Å². The van der Waals surface area contributed by atoms with Crippen molar-refractivity contribution in [2.75, 3.05) is 22.5 Å². The standard InChI is InChI=1S/C16H16FN3O/c1-2-20(14-6-4-3-5-11(14)17)15-9-13-10(7-12(15)18)8-16(21)19-13/h3-7,9H,2,8,18H2,1H3,(H,19,21).